The van der Waals surface area contributed by atoms with Crippen molar-refractivity contribution in [1.82, 2.24) is 0 Å². The van der Waals surface area contributed by atoms with Gasteiger partial charge in [-0.05, 0) is 46.5 Å². The Labute approximate surface area is 155 Å². The van der Waals surface area contributed by atoms with Crippen LogP contribution in [0, 0.1) is 0 Å². The van der Waals surface area contributed by atoms with Gasteiger partial charge in [0.1, 0.15) is 0 Å². The summed E-state index contributed by atoms with van der Waals surface area (Å²) in [6.45, 7) is 0. The van der Waals surface area contributed by atoms with Crippen molar-refractivity contribution < 1.29 is 27.4 Å². The van der Waals surface area contributed by atoms with Crippen LogP contribution in [0.25, 0.3) is 21.5 Å². The Balaban J connectivity index is 2.57. The lowest BCUT2D eigenvalue weighted by Crippen LogP contribution is -1.97. The molecule has 26 heavy (non-hydrogen) atoms. The van der Waals surface area contributed by atoms with Gasteiger partial charge < -0.3 is 18.9 Å². The first-order valence-electron chi connectivity index (χ1n) is 7.53. The van der Waals surface area contributed by atoms with E-state index in [4.69, 9.17) is 29.6 Å². The monoisotopic (exact) mass is 396 g/mol. The van der Waals surface area contributed by atoms with Crippen molar-refractivity contribution in [2.45, 2.75) is 4.90 Å². The fourth-order valence-electron chi connectivity index (χ4n) is 2.97. The number of methoxy groups -OCH3 is 4. The van der Waals surface area contributed by atoms with Crippen LogP contribution in [0.15, 0.2) is 35.2 Å². The minimum atomic E-state index is -4.00. The van der Waals surface area contributed by atoms with E-state index in [2.05, 4.69) is 0 Å². The van der Waals surface area contributed by atoms with Crippen LogP contribution in [-0.2, 0) is 9.05 Å². The number of benzene rings is 3. The second-order valence-electron chi connectivity index (χ2n) is 5.49. The molecule has 0 aliphatic heterocycles. The molecule has 0 fully saturated rings. The summed E-state index contributed by atoms with van der Waals surface area (Å²) < 4.78 is 45.7. The molecule has 3 aromatic rings. The van der Waals surface area contributed by atoms with Gasteiger partial charge in [0, 0.05) is 16.1 Å². The van der Waals surface area contributed by atoms with Crippen LogP contribution in [0.4, 0.5) is 0 Å². The van der Waals surface area contributed by atoms with Gasteiger partial charge >= 0.3 is 0 Å². The number of halogens is 1. The van der Waals surface area contributed by atoms with Crippen molar-refractivity contribution in [3.63, 3.8) is 0 Å². The number of rotatable bonds is 5. The van der Waals surface area contributed by atoms with Crippen LogP contribution < -0.4 is 18.9 Å². The summed E-state index contributed by atoms with van der Waals surface area (Å²) in [6, 6.07) is 8.31. The van der Waals surface area contributed by atoms with E-state index in [0.29, 0.717) is 39.2 Å². The molecular weight excluding hydrogens is 380 g/mol. The molecule has 0 bridgehead atoms. The summed E-state index contributed by atoms with van der Waals surface area (Å²) in [5.74, 6) is 1.89. The van der Waals surface area contributed by atoms with Gasteiger partial charge in [-0.3, -0.25) is 0 Å². The molecule has 0 atom stereocenters. The highest BCUT2D eigenvalue weighted by Crippen LogP contribution is 2.42. The fraction of sp³-hybridized carbons (Fsp3) is 0.222. The first-order chi connectivity index (χ1) is 12.3. The minimum absolute atomic E-state index is 0.0187. The van der Waals surface area contributed by atoms with E-state index in [0.717, 1.165) is 5.39 Å². The average molecular weight is 397 g/mol. The van der Waals surface area contributed by atoms with Gasteiger partial charge in [0.25, 0.3) is 9.05 Å². The molecule has 138 valence electrons. The molecule has 0 radical (unpaired) electrons. The van der Waals surface area contributed by atoms with Crippen LogP contribution in [-0.4, -0.2) is 36.9 Å². The van der Waals surface area contributed by atoms with Crippen LogP contribution in [0.3, 0.4) is 0 Å². The Morgan fingerprint density at radius 3 is 1.54 bits per heavy atom. The predicted molar refractivity (Wildman–Crippen MR) is 101 cm³/mol. The highest BCUT2D eigenvalue weighted by molar-refractivity contribution is 8.14. The van der Waals surface area contributed by atoms with Crippen molar-refractivity contribution in [1.29, 1.82) is 0 Å². The maximum absolute atomic E-state index is 12.2. The zero-order valence-electron chi connectivity index (χ0n) is 14.6. The molecular formula is C18H17ClO6S. The van der Waals surface area contributed by atoms with Crippen molar-refractivity contribution in [3.8, 4) is 23.0 Å². The standard InChI is InChI=1S/C18H17ClO6S/c1-22-14-5-10-6-18(26(19,20)21)13-9-17(25-4)16(24-3)8-12(13)11(10)7-15(14)23-2/h5-9H,1-4H3. The Kier molecular flexibility index (Phi) is 4.77. The zero-order valence-corrected chi connectivity index (χ0v) is 16.2. The van der Waals surface area contributed by atoms with E-state index in [-0.39, 0.29) is 4.90 Å². The quantitative estimate of drug-likeness (QED) is 0.480. The SMILES string of the molecule is COc1cc2cc(S(=O)(=O)Cl)c3cc(OC)c(OC)cc3c2cc1OC. The normalized spacial score (nSPS) is 11.6. The van der Waals surface area contributed by atoms with Crippen molar-refractivity contribution >= 4 is 41.3 Å². The van der Waals surface area contributed by atoms with Crippen molar-refractivity contribution in [3.05, 3.63) is 30.3 Å². The number of hydrogen-bond acceptors (Lipinski definition) is 6. The summed E-state index contributed by atoms with van der Waals surface area (Å²) in [5, 5.41) is 2.47. The summed E-state index contributed by atoms with van der Waals surface area (Å²) in [6.07, 6.45) is 0. The van der Waals surface area contributed by atoms with Crippen LogP contribution >= 0.6 is 10.7 Å². The minimum Gasteiger partial charge on any atom is -0.493 e. The Bertz CT molecular complexity index is 1110. The molecule has 0 aliphatic carbocycles. The lowest BCUT2D eigenvalue weighted by atomic mass is 10.0. The van der Waals surface area contributed by atoms with Gasteiger partial charge in [-0.25, -0.2) is 8.42 Å². The zero-order chi connectivity index (χ0) is 19.1. The number of ether oxygens (including phenoxy) is 4. The molecule has 6 nitrogen and oxygen atoms in total. The van der Waals surface area contributed by atoms with Gasteiger partial charge in [-0.2, -0.15) is 0 Å². The largest absolute Gasteiger partial charge is 0.493 e. The third-order valence-corrected chi connectivity index (χ3v) is 5.55. The number of hydrogen-bond donors (Lipinski definition) is 0. The van der Waals surface area contributed by atoms with E-state index in [1.54, 1.807) is 24.3 Å². The fourth-order valence-corrected chi connectivity index (χ4v) is 4.06. The molecule has 0 unspecified atom stereocenters. The molecule has 0 saturated heterocycles. The molecule has 8 heteroatoms. The number of fused-ring (bicyclic) bond motifs is 3. The van der Waals surface area contributed by atoms with E-state index in [1.165, 1.54) is 34.5 Å². The highest BCUT2D eigenvalue weighted by Gasteiger charge is 2.21. The molecule has 0 amide bonds. The second kappa shape index (κ2) is 6.74. The van der Waals surface area contributed by atoms with Crippen LogP contribution in [0.1, 0.15) is 0 Å². The summed E-state index contributed by atoms with van der Waals surface area (Å²) >= 11 is 0. The van der Waals surface area contributed by atoms with Gasteiger partial charge in [-0.1, -0.05) is 0 Å². The molecule has 3 aromatic carbocycles. The third kappa shape index (κ3) is 2.97. The third-order valence-electron chi connectivity index (χ3n) is 4.18. The smallest absolute Gasteiger partial charge is 0.261 e. The van der Waals surface area contributed by atoms with Crippen molar-refractivity contribution in [2.75, 3.05) is 28.4 Å². The summed E-state index contributed by atoms with van der Waals surface area (Å²) in [5.41, 5.74) is 0. The highest BCUT2D eigenvalue weighted by atomic mass is 35.7. The first-order valence-corrected chi connectivity index (χ1v) is 9.84. The van der Waals surface area contributed by atoms with Crippen LogP contribution in [0.5, 0.6) is 23.0 Å². The molecule has 0 heterocycles. The Morgan fingerprint density at radius 2 is 1.08 bits per heavy atom. The van der Waals surface area contributed by atoms with Crippen LogP contribution in [0.2, 0.25) is 0 Å². The maximum Gasteiger partial charge on any atom is 0.261 e. The van der Waals surface area contributed by atoms with Gasteiger partial charge in [0.2, 0.25) is 0 Å². The second-order valence-corrected chi connectivity index (χ2v) is 8.03. The predicted octanol–water partition coefficient (Wildman–Crippen LogP) is 3.95. The lowest BCUT2D eigenvalue weighted by molar-refractivity contribution is 0.355. The van der Waals surface area contributed by atoms with E-state index in [9.17, 15) is 8.42 Å². The van der Waals surface area contributed by atoms with E-state index in [1.807, 2.05) is 0 Å². The molecule has 0 saturated carbocycles. The van der Waals surface area contributed by atoms with Gasteiger partial charge in [0.15, 0.2) is 23.0 Å². The lowest BCUT2D eigenvalue weighted by Gasteiger charge is -2.15. The summed E-state index contributed by atoms with van der Waals surface area (Å²) in [4.78, 5) is -0.0187. The van der Waals surface area contributed by atoms with Crippen molar-refractivity contribution in [2.24, 2.45) is 0 Å². The summed E-state index contributed by atoms with van der Waals surface area (Å²) in [7, 11) is 7.72. The Hall–Kier alpha value is -2.38. The molecule has 0 N–H and O–H groups in total. The molecule has 0 spiro atoms. The first kappa shape index (κ1) is 18.4. The maximum atomic E-state index is 12.2. The van der Waals surface area contributed by atoms with Gasteiger partial charge in [-0.15, -0.1) is 0 Å². The average Bonchev–Trinajstić information content (AvgIpc) is 2.63. The van der Waals surface area contributed by atoms with E-state index >= 15 is 0 Å². The Morgan fingerprint density at radius 1 is 0.654 bits per heavy atom. The molecule has 0 aliphatic rings. The van der Waals surface area contributed by atoms with E-state index < -0.39 is 9.05 Å². The molecule has 3 rings (SSSR count). The topological polar surface area (TPSA) is 71.1 Å². The van der Waals surface area contributed by atoms with Gasteiger partial charge in [0.05, 0.1) is 33.3 Å². The molecule has 0 aromatic heterocycles.